The number of hydrogen-bond acceptors (Lipinski definition) is 6. The molecular formula is C24H22N2O6. The fourth-order valence-corrected chi connectivity index (χ4v) is 3.91. The van der Waals surface area contributed by atoms with E-state index in [1.54, 1.807) is 55.5 Å². The van der Waals surface area contributed by atoms with Crippen molar-refractivity contribution >= 4 is 27.8 Å². The minimum atomic E-state index is -1.03. The van der Waals surface area contributed by atoms with E-state index >= 15 is 0 Å². The van der Waals surface area contributed by atoms with Crippen LogP contribution >= 0.6 is 0 Å². The molecule has 0 aliphatic rings. The predicted molar refractivity (Wildman–Crippen MR) is 120 cm³/mol. The van der Waals surface area contributed by atoms with Gasteiger partial charge in [0.25, 0.3) is 11.1 Å². The van der Waals surface area contributed by atoms with Gasteiger partial charge in [0.2, 0.25) is 0 Å². The number of fused-ring (bicyclic) bond motifs is 2. The minimum Gasteiger partial charge on any atom is -0.507 e. The van der Waals surface area contributed by atoms with E-state index in [-0.39, 0.29) is 29.9 Å². The molecule has 4 rings (SSSR count). The van der Waals surface area contributed by atoms with Crippen LogP contribution in [0.4, 0.5) is 0 Å². The summed E-state index contributed by atoms with van der Waals surface area (Å²) in [5.74, 6) is -1.30. The number of aromatic hydroxyl groups is 1. The lowest BCUT2D eigenvalue weighted by molar-refractivity contribution is -0.143. The SMILES string of the molecule is CCOC(=O)C[C@H](c1cc2cc(OC)ccc2[nH]c1=O)c1c(O)c2ccccc2[nH]c1=O. The summed E-state index contributed by atoms with van der Waals surface area (Å²) in [5.41, 5.74) is 0.0702. The molecule has 1 atom stereocenters. The van der Waals surface area contributed by atoms with Crippen molar-refractivity contribution in [2.75, 3.05) is 13.7 Å². The van der Waals surface area contributed by atoms with E-state index in [0.717, 1.165) is 0 Å². The molecule has 3 N–H and O–H groups in total. The second-order valence-corrected chi connectivity index (χ2v) is 7.33. The molecule has 32 heavy (non-hydrogen) atoms. The molecule has 0 aliphatic heterocycles. The summed E-state index contributed by atoms with van der Waals surface area (Å²) in [4.78, 5) is 43.9. The van der Waals surface area contributed by atoms with Crippen molar-refractivity contribution in [1.29, 1.82) is 0 Å². The minimum absolute atomic E-state index is 0.0653. The van der Waals surface area contributed by atoms with Crippen LogP contribution < -0.4 is 15.9 Å². The van der Waals surface area contributed by atoms with E-state index in [2.05, 4.69) is 9.97 Å². The van der Waals surface area contributed by atoms with Crippen LogP contribution in [0, 0.1) is 0 Å². The zero-order valence-corrected chi connectivity index (χ0v) is 17.6. The number of benzene rings is 2. The third-order valence-corrected chi connectivity index (χ3v) is 5.41. The van der Waals surface area contributed by atoms with Crippen LogP contribution in [-0.4, -0.2) is 34.8 Å². The Morgan fingerprint density at radius 1 is 1.03 bits per heavy atom. The van der Waals surface area contributed by atoms with Gasteiger partial charge in [0.1, 0.15) is 11.5 Å². The normalized spacial score (nSPS) is 12.1. The van der Waals surface area contributed by atoms with Gasteiger partial charge in [-0.05, 0) is 43.3 Å². The lowest BCUT2D eigenvalue weighted by Gasteiger charge is -2.18. The maximum absolute atomic E-state index is 13.0. The number of hydrogen-bond donors (Lipinski definition) is 3. The Morgan fingerprint density at radius 2 is 1.78 bits per heavy atom. The summed E-state index contributed by atoms with van der Waals surface area (Å²) >= 11 is 0. The molecule has 0 bridgehead atoms. The largest absolute Gasteiger partial charge is 0.507 e. The van der Waals surface area contributed by atoms with Crippen molar-refractivity contribution in [1.82, 2.24) is 9.97 Å². The van der Waals surface area contributed by atoms with E-state index in [4.69, 9.17) is 9.47 Å². The average Bonchev–Trinajstić information content (AvgIpc) is 2.78. The third-order valence-electron chi connectivity index (χ3n) is 5.41. The Kier molecular flexibility index (Phi) is 5.68. The fourth-order valence-electron chi connectivity index (χ4n) is 3.91. The Bertz CT molecular complexity index is 1440. The van der Waals surface area contributed by atoms with Crippen molar-refractivity contribution in [3.63, 3.8) is 0 Å². The number of nitrogens with one attached hydrogen (secondary N) is 2. The van der Waals surface area contributed by atoms with Crippen LogP contribution in [0.3, 0.4) is 0 Å². The van der Waals surface area contributed by atoms with Gasteiger partial charge in [-0.25, -0.2) is 0 Å². The number of rotatable bonds is 6. The van der Waals surface area contributed by atoms with E-state index < -0.39 is 23.0 Å². The highest BCUT2D eigenvalue weighted by atomic mass is 16.5. The highest BCUT2D eigenvalue weighted by Gasteiger charge is 2.28. The smallest absolute Gasteiger partial charge is 0.306 e. The van der Waals surface area contributed by atoms with Gasteiger partial charge in [-0.1, -0.05) is 12.1 Å². The number of carbonyl (C=O) groups excluding carboxylic acids is 1. The monoisotopic (exact) mass is 434 g/mol. The lowest BCUT2D eigenvalue weighted by Crippen LogP contribution is -2.25. The number of aromatic nitrogens is 2. The summed E-state index contributed by atoms with van der Waals surface area (Å²) in [5, 5.41) is 12.1. The lowest BCUT2D eigenvalue weighted by atomic mass is 9.88. The Labute approximate surface area is 182 Å². The molecule has 0 saturated heterocycles. The van der Waals surface area contributed by atoms with Gasteiger partial charge in [0, 0.05) is 27.8 Å². The van der Waals surface area contributed by atoms with E-state index in [9.17, 15) is 19.5 Å². The first-order valence-electron chi connectivity index (χ1n) is 10.1. The number of aromatic amines is 2. The molecular weight excluding hydrogens is 412 g/mol. The third kappa shape index (κ3) is 3.82. The first-order chi connectivity index (χ1) is 15.4. The highest BCUT2D eigenvalue weighted by molar-refractivity contribution is 5.87. The van der Waals surface area contributed by atoms with Gasteiger partial charge in [-0.15, -0.1) is 0 Å². The number of carbonyl (C=O) groups is 1. The van der Waals surface area contributed by atoms with Crippen molar-refractivity contribution in [3.05, 3.63) is 80.4 Å². The van der Waals surface area contributed by atoms with Crippen molar-refractivity contribution in [3.8, 4) is 11.5 Å². The van der Waals surface area contributed by atoms with E-state index in [1.165, 1.54) is 7.11 Å². The molecule has 0 saturated carbocycles. The van der Waals surface area contributed by atoms with Gasteiger partial charge in [0.05, 0.1) is 31.2 Å². The number of para-hydroxylation sites is 1. The first kappa shape index (κ1) is 21.2. The van der Waals surface area contributed by atoms with Crippen LogP contribution in [0.5, 0.6) is 11.5 Å². The van der Waals surface area contributed by atoms with Gasteiger partial charge in [-0.2, -0.15) is 0 Å². The zero-order valence-electron chi connectivity index (χ0n) is 17.6. The summed E-state index contributed by atoms with van der Waals surface area (Å²) < 4.78 is 10.3. The molecule has 2 aromatic heterocycles. The van der Waals surface area contributed by atoms with Crippen molar-refractivity contribution < 1.29 is 19.4 Å². The zero-order chi connectivity index (χ0) is 22.8. The maximum Gasteiger partial charge on any atom is 0.306 e. The molecule has 164 valence electrons. The molecule has 2 aromatic carbocycles. The van der Waals surface area contributed by atoms with Crippen molar-refractivity contribution in [2.45, 2.75) is 19.3 Å². The van der Waals surface area contributed by atoms with Gasteiger partial charge >= 0.3 is 5.97 Å². The average molecular weight is 434 g/mol. The van der Waals surface area contributed by atoms with Gasteiger partial charge in [0.15, 0.2) is 0 Å². The van der Waals surface area contributed by atoms with E-state index in [0.29, 0.717) is 27.6 Å². The summed E-state index contributed by atoms with van der Waals surface area (Å²) in [6.45, 7) is 1.82. The second-order valence-electron chi connectivity index (χ2n) is 7.33. The van der Waals surface area contributed by atoms with Crippen LogP contribution in [-0.2, 0) is 9.53 Å². The molecule has 0 unspecified atom stereocenters. The summed E-state index contributed by atoms with van der Waals surface area (Å²) in [6.07, 6.45) is -0.290. The molecule has 0 spiro atoms. The number of esters is 1. The van der Waals surface area contributed by atoms with Crippen LogP contribution in [0.15, 0.2) is 58.1 Å². The number of methoxy groups -OCH3 is 1. The fraction of sp³-hybridized carbons (Fsp3) is 0.208. The molecule has 0 fully saturated rings. The molecule has 0 radical (unpaired) electrons. The van der Waals surface area contributed by atoms with Gasteiger partial charge in [-0.3, -0.25) is 14.4 Å². The van der Waals surface area contributed by atoms with E-state index in [1.807, 2.05) is 0 Å². The molecule has 0 aliphatic carbocycles. The van der Waals surface area contributed by atoms with Crippen molar-refractivity contribution in [2.24, 2.45) is 0 Å². The standard InChI is InChI=1S/C24H22N2O6/c1-3-32-20(27)12-16(21-22(28)15-6-4-5-7-19(15)26-24(21)30)17-11-13-10-14(31-2)8-9-18(13)25-23(17)29/h4-11,16H,3,12H2,1-2H3,(H,25,29)(H2,26,28,30)/t16-/m1/s1. The highest BCUT2D eigenvalue weighted by Crippen LogP contribution is 2.35. The Balaban J connectivity index is 1.98. The predicted octanol–water partition coefficient (Wildman–Crippen LogP) is 3.17. The molecule has 8 heteroatoms. The Hall–Kier alpha value is -4.07. The quantitative estimate of drug-likeness (QED) is 0.401. The van der Waals surface area contributed by atoms with Gasteiger partial charge < -0.3 is 24.5 Å². The van der Waals surface area contributed by atoms with Crippen LogP contribution in [0.1, 0.15) is 30.4 Å². The molecule has 4 aromatic rings. The number of H-pyrrole nitrogens is 2. The second kappa shape index (κ2) is 8.58. The molecule has 8 nitrogen and oxygen atoms in total. The number of ether oxygens (including phenoxy) is 2. The van der Waals surface area contributed by atoms with Crippen LogP contribution in [0.2, 0.25) is 0 Å². The Morgan fingerprint density at radius 3 is 2.53 bits per heavy atom. The maximum atomic E-state index is 13.0. The van der Waals surface area contributed by atoms with Crippen LogP contribution in [0.25, 0.3) is 21.8 Å². The summed E-state index contributed by atoms with van der Waals surface area (Å²) in [7, 11) is 1.53. The number of pyridine rings is 2. The first-order valence-corrected chi connectivity index (χ1v) is 10.1. The molecule has 0 amide bonds. The molecule has 2 heterocycles. The topological polar surface area (TPSA) is 121 Å². The summed E-state index contributed by atoms with van der Waals surface area (Å²) in [6, 6.07) is 13.5.